The average molecular weight is 406 g/mol. The third kappa shape index (κ3) is 4.98. The third-order valence-electron chi connectivity index (χ3n) is 4.59. The molecule has 2 amide bonds. The van der Waals surface area contributed by atoms with Crippen molar-refractivity contribution in [3.8, 4) is 17.2 Å². The highest BCUT2D eigenvalue weighted by Crippen LogP contribution is 2.28. The molecule has 1 N–H and O–H groups in total. The van der Waals surface area contributed by atoms with E-state index in [1.807, 2.05) is 18.2 Å². The lowest BCUT2D eigenvalue weighted by atomic mass is 10.1. The van der Waals surface area contributed by atoms with Gasteiger partial charge in [-0.1, -0.05) is 17.7 Å². The van der Waals surface area contributed by atoms with E-state index >= 15 is 0 Å². The maximum Gasteiger partial charge on any atom is 0.317 e. The van der Waals surface area contributed by atoms with Crippen molar-refractivity contribution in [2.24, 2.45) is 0 Å². The van der Waals surface area contributed by atoms with Gasteiger partial charge >= 0.3 is 6.03 Å². The van der Waals surface area contributed by atoms with Crippen LogP contribution >= 0.6 is 11.6 Å². The molecule has 1 saturated heterocycles. The zero-order valence-electron chi connectivity index (χ0n) is 16.0. The first-order valence-electron chi connectivity index (χ1n) is 9.10. The topological polar surface area (TPSA) is 72.9 Å². The van der Waals surface area contributed by atoms with Gasteiger partial charge in [0, 0.05) is 31.5 Å². The molecule has 1 atom stereocenters. The first-order valence-corrected chi connectivity index (χ1v) is 9.48. The Hall–Kier alpha value is -2.67. The Morgan fingerprint density at radius 3 is 2.82 bits per heavy atom. The van der Waals surface area contributed by atoms with Gasteiger partial charge in [-0.15, -0.1) is 0 Å². The largest absolute Gasteiger partial charge is 0.493 e. The monoisotopic (exact) mass is 405 g/mol. The molecule has 0 saturated carbocycles. The van der Waals surface area contributed by atoms with Crippen LogP contribution in [-0.4, -0.2) is 49.3 Å². The summed E-state index contributed by atoms with van der Waals surface area (Å²) in [7, 11) is 3.18. The van der Waals surface area contributed by atoms with Crippen molar-refractivity contribution in [3.63, 3.8) is 0 Å². The van der Waals surface area contributed by atoms with Gasteiger partial charge in [-0.2, -0.15) is 0 Å². The number of methoxy groups -OCH3 is 2. The third-order valence-corrected chi connectivity index (χ3v) is 4.87. The number of nitrogens with zero attached hydrogens (tertiary/aromatic N) is 2. The van der Waals surface area contributed by atoms with Gasteiger partial charge in [0.15, 0.2) is 11.5 Å². The van der Waals surface area contributed by atoms with Gasteiger partial charge in [0.2, 0.25) is 0 Å². The fourth-order valence-electron chi connectivity index (χ4n) is 3.14. The van der Waals surface area contributed by atoms with Crippen molar-refractivity contribution >= 4 is 17.6 Å². The molecule has 0 aliphatic carbocycles. The quantitative estimate of drug-likeness (QED) is 0.796. The maximum absolute atomic E-state index is 12.6. The number of likely N-dealkylation sites (tertiary alicyclic amines) is 1. The first kappa shape index (κ1) is 20.1. The van der Waals surface area contributed by atoms with Crippen LogP contribution in [-0.2, 0) is 6.54 Å². The van der Waals surface area contributed by atoms with Crippen LogP contribution in [0, 0.1) is 0 Å². The van der Waals surface area contributed by atoms with E-state index in [0.717, 1.165) is 18.4 Å². The van der Waals surface area contributed by atoms with Gasteiger partial charge in [0.1, 0.15) is 16.9 Å². The smallest absolute Gasteiger partial charge is 0.317 e. The molecule has 2 heterocycles. The molecule has 0 bridgehead atoms. The lowest BCUT2D eigenvalue weighted by molar-refractivity contribution is 0.101. The fraction of sp³-hybridized carbons (Fsp3) is 0.400. The normalized spacial score (nSPS) is 16.4. The highest BCUT2D eigenvalue weighted by atomic mass is 35.5. The lowest BCUT2D eigenvalue weighted by Crippen LogP contribution is -2.48. The molecule has 0 radical (unpaired) electrons. The Labute approximate surface area is 169 Å². The number of aromatic nitrogens is 1. The molecule has 7 nitrogen and oxygen atoms in total. The summed E-state index contributed by atoms with van der Waals surface area (Å²) in [5.74, 6) is 1.88. The number of urea groups is 1. The predicted octanol–water partition coefficient (Wildman–Crippen LogP) is 3.51. The molecule has 2 aromatic rings. The number of benzene rings is 1. The molecule has 3 rings (SSSR count). The Morgan fingerprint density at radius 2 is 2.07 bits per heavy atom. The summed E-state index contributed by atoms with van der Waals surface area (Å²) in [6, 6.07) is 7.19. The van der Waals surface area contributed by atoms with Gasteiger partial charge in [0.05, 0.1) is 20.8 Å². The molecular weight excluding hydrogens is 382 g/mol. The number of hydrogen-bond donors (Lipinski definition) is 1. The minimum atomic E-state index is -0.121. The highest BCUT2D eigenvalue weighted by molar-refractivity contribution is 6.31. The predicted molar refractivity (Wildman–Crippen MR) is 106 cm³/mol. The Morgan fingerprint density at radius 1 is 1.25 bits per heavy atom. The molecule has 28 heavy (non-hydrogen) atoms. The molecular formula is C20H24ClN3O4. The van der Waals surface area contributed by atoms with E-state index in [4.69, 9.17) is 25.8 Å². The van der Waals surface area contributed by atoms with Crippen molar-refractivity contribution in [1.29, 1.82) is 0 Å². The number of hydrogen-bond acceptors (Lipinski definition) is 5. The Balaban J connectivity index is 1.55. The molecule has 1 aliphatic rings. The number of amides is 2. The summed E-state index contributed by atoms with van der Waals surface area (Å²) in [6.07, 6.45) is 4.83. The molecule has 1 fully saturated rings. The summed E-state index contributed by atoms with van der Waals surface area (Å²) in [5.41, 5.74) is 0.930. The number of nitrogens with one attached hydrogen (secondary N) is 1. The number of halogens is 1. The van der Waals surface area contributed by atoms with Gasteiger partial charge < -0.3 is 24.4 Å². The number of piperidine rings is 1. The Bertz CT molecular complexity index is 818. The van der Waals surface area contributed by atoms with E-state index in [1.165, 1.54) is 0 Å². The first-order chi connectivity index (χ1) is 13.6. The zero-order valence-corrected chi connectivity index (χ0v) is 16.7. The van der Waals surface area contributed by atoms with Gasteiger partial charge in [-0.05, 0) is 30.5 Å². The van der Waals surface area contributed by atoms with E-state index in [0.29, 0.717) is 41.9 Å². The number of carbonyl (C=O) groups excluding carboxylic acids is 1. The van der Waals surface area contributed by atoms with Crippen LogP contribution in [0.25, 0.3) is 0 Å². The second kappa shape index (κ2) is 9.50. The van der Waals surface area contributed by atoms with Crippen molar-refractivity contribution in [3.05, 3.63) is 47.2 Å². The molecule has 0 spiro atoms. The van der Waals surface area contributed by atoms with Crippen LogP contribution in [0.1, 0.15) is 18.4 Å². The highest BCUT2D eigenvalue weighted by Gasteiger charge is 2.25. The van der Waals surface area contributed by atoms with Crippen molar-refractivity contribution in [2.75, 3.05) is 27.3 Å². The van der Waals surface area contributed by atoms with Crippen LogP contribution in [0.2, 0.25) is 5.02 Å². The minimum absolute atomic E-state index is 0.0968. The van der Waals surface area contributed by atoms with Crippen LogP contribution in [0.3, 0.4) is 0 Å². The van der Waals surface area contributed by atoms with Crippen molar-refractivity contribution < 1.29 is 19.0 Å². The van der Waals surface area contributed by atoms with Crippen LogP contribution in [0.4, 0.5) is 4.79 Å². The van der Waals surface area contributed by atoms with Crippen molar-refractivity contribution in [2.45, 2.75) is 25.5 Å². The number of carbonyl (C=O) groups is 1. The lowest BCUT2D eigenvalue weighted by Gasteiger charge is -2.33. The van der Waals surface area contributed by atoms with Crippen LogP contribution < -0.4 is 19.5 Å². The Kier molecular flexibility index (Phi) is 6.81. The van der Waals surface area contributed by atoms with Gasteiger partial charge in [0.25, 0.3) is 0 Å². The van der Waals surface area contributed by atoms with E-state index in [2.05, 4.69) is 10.3 Å². The summed E-state index contributed by atoms with van der Waals surface area (Å²) in [6.45, 7) is 1.61. The molecule has 1 unspecified atom stereocenters. The average Bonchev–Trinajstić information content (AvgIpc) is 2.73. The zero-order chi connectivity index (χ0) is 19.9. The van der Waals surface area contributed by atoms with Gasteiger partial charge in [-0.3, -0.25) is 4.98 Å². The number of rotatable bonds is 6. The molecule has 1 aliphatic heterocycles. The number of ether oxygens (including phenoxy) is 3. The van der Waals surface area contributed by atoms with E-state index in [-0.39, 0.29) is 12.1 Å². The summed E-state index contributed by atoms with van der Waals surface area (Å²) >= 11 is 6.11. The molecule has 8 heteroatoms. The number of pyridine rings is 1. The van der Waals surface area contributed by atoms with Crippen LogP contribution in [0.5, 0.6) is 17.2 Å². The minimum Gasteiger partial charge on any atom is -0.493 e. The van der Waals surface area contributed by atoms with Gasteiger partial charge in [-0.25, -0.2) is 4.79 Å². The van der Waals surface area contributed by atoms with Crippen LogP contribution in [0.15, 0.2) is 36.7 Å². The second-order valence-electron chi connectivity index (χ2n) is 6.48. The van der Waals surface area contributed by atoms with E-state index < -0.39 is 0 Å². The fourth-order valence-corrected chi connectivity index (χ4v) is 3.30. The maximum atomic E-state index is 12.6. The SMILES string of the molecule is COc1ccc(CNC(=O)N2CCCC(Oc3ccncc3Cl)C2)cc1OC. The summed E-state index contributed by atoms with van der Waals surface area (Å²) < 4.78 is 16.5. The van der Waals surface area contributed by atoms with E-state index in [1.54, 1.807) is 37.6 Å². The summed E-state index contributed by atoms with van der Waals surface area (Å²) in [4.78, 5) is 18.3. The standard InChI is InChI=1S/C20H24ClN3O4/c1-26-18-6-5-14(10-19(18)27-2)11-23-20(25)24-9-3-4-15(13-24)28-17-7-8-22-12-16(17)21/h5-8,10,12,15H,3-4,9,11,13H2,1-2H3,(H,23,25). The molecule has 1 aromatic carbocycles. The van der Waals surface area contributed by atoms with Crippen molar-refractivity contribution in [1.82, 2.24) is 15.2 Å². The summed E-state index contributed by atoms with van der Waals surface area (Å²) in [5, 5.41) is 3.42. The molecule has 1 aromatic heterocycles. The van der Waals surface area contributed by atoms with E-state index in [9.17, 15) is 4.79 Å². The second-order valence-corrected chi connectivity index (χ2v) is 6.89. The molecule has 150 valence electrons.